The number of nitrogens with one attached hydrogen (secondary N) is 1. The fraction of sp³-hybridized carbons (Fsp3) is 0.316. The fourth-order valence-corrected chi connectivity index (χ4v) is 3.22. The lowest BCUT2D eigenvalue weighted by Gasteiger charge is -2.29. The van der Waals surface area contributed by atoms with Crippen molar-refractivity contribution in [1.29, 1.82) is 5.26 Å². The van der Waals surface area contributed by atoms with Crippen LogP contribution in [-0.2, 0) is 0 Å². The van der Waals surface area contributed by atoms with Crippen LogP contribution in [0.2, 0.25) is 0 Å². The number of rotatable bonds is 3. The Hall–Kier alpha value is -2.91. The van der Waals surface area contributed by atoms with Crippen LogP contribution in [0.15, 0.2) is 42.6 Å². The molecule has 6 heteroatoms. The van der Waals surface area contributed by atoms with E-state index in [1.54, 1.807) is 0 Å². The van der Waals surface area contributed by atoms with Gasteiger partial charge in [-0.1, -0.05) is 12.1 Å². The van der Waals surface area contributed by atoms with Crippen molar-refractivity contribution >= 4 is 11.5 Å². The van der Waals surface area contributed by atoms with E-state index in [0.717, 1.165) is 48.7 Å². The fourth-order valence-electron chi connectivity index (χ4n) is 3.22. The van der Waals surface area contributed by atoms with Gasteiger partial charge in [0.1, 0.15) is 5.82 Å². The number of nitrogens with zero attached hydrogens (tertiary/aromatic N) is 5. The summed E-state index contributed by atoms with van der Waals surface area (Å²) in [6.45, 7) is 2.23. The SMILES string of the molecule is CN1CCC(Nc2ccc3ncc(-c4ccc(C#N)cc4)n3n2)CC1. The Bertz CT molecular complexity index is 913. The van der Waals surface area contributed by atoms with E-state index in [4.69, 9.17) is 10.4 Å². The molecular weight excluding hydrogens is 312 g/mol. The first kappa shape index (κ1) is 15.6. The molecule has 1 saturated heterocycles. The summed E-state index contributed by atoms with van der Waals surface area (Å²) < 4.78 is 1.86. The molecule has 3 aromatic rings. The molecule has 0 unspecified atom stereocenters. The first-order valence-electron chi connectivity index (χ1n) is 8.53. The van der Waals surface area contributed by atoms with Crippen molar-refractivity contribution in [3.8, 4) is 17.3 Å². The van der Waals surface area contributed by atoms with E-state index in [1.807, 2.05) is 47.1 Å². The smallest absolute Gasteiger partial charge is 0.154 e. The summed E-state index contributed by atoms with van der Waals surface area (Å²) >= 11 is 0. The largest absolute Gasteiger partial charge is 0.366 e. The van der Waals surface area contributed by atoms with Gasteiger partial charge in [0.2, 0.25) is 0 Å². The van der Waals surface area contributed by atoms with Crippen LogP contribution in [-0.4, -0.2) is 45.7 Å². The van der Waals surface area contributed by atoms with Gasteiger partial charge >= 0.3 is 0 Å². The quantitative estimate of drug-likeness (QED) is 0.799. The van der Waals surface area contributed by atoms with Crippen molar-refractivity contribution in [2.75, 3.05) is 25.5 Å². The predicted octanol–water partition coefficient (Wildman–Crippen LogP) is 2.77. The Morgan fingerprint density at radius 2 is 1.88 bits per heavy atom. The number of hydrogen-bond donors (Lipinski definition) is 1. The number of aromatic nitrogens is 3. The molecule has 1 aliphatic rings. The van der Waals surface area contributed by atoms with Gasteiger partial charge in [-0.05, 0) is 57.2 Å². The molecule has 0 saturated carbocycles. The summed E-state index contributed by atoms with van der Waals surface area (Å²) in [7, 11) is 2.16. The van der Waals surface area contributed by atoms with Crippen molar-refractivity contribution in [1.82, 2.24) is 19.5 Å². The van der Waals surface area contributed by atoms with Crippen LogP contribution in [0.5, 0.6) is 0 Å². The van der Waals surface area contributed by atoms with Gasteiger partial charge in [-0.3, -0.25) is 0 Å². The molecular formula is C19H20N6. The zero-order chi connectivity index (χ0) is 17.2. The molecule has 6 nitrogen and oxygen atoms in total. The van der Waals surface area contributed by atoms with E-state index in [-0.39, 0.29) is 0 Å². The minimum absolute atomic E-state index is 0.461. The van der Waals surface area contributed by atoms with Crippen molar-refractivity contribution in [3.05, 3.63) is 48.2 Å². The van der Waals surface area contributed by atoms with E-state index in [0.29, 0.717) is 11.6 Å². The average molecular weight is 332 g/mol. The first-order valence-corrected chi connectivity index (χ1v) is 8.53. The molecule has 1 aromatic carbocycles. The lowest BCUT2D eigenvalue weighted by Crippen LogP contribution is -2.36. The molecule has 0 amide bonds. The molecule has 2 aromatic heterocycles. The third-order valence-electron chi connectivity index (χ3n) is 4.74. The summed E-state index contributed by atoms with van der Waals surface area (Å²) in [4.78, 5) is 6.79. The van der Waals surface area contributed by atoms with Crippen LogP contribution >= 0.6 is 0 Å². The molecule has 0 radical (unpaired) electrons. The van der Waals surface area contributed by atoms with Crippen LogP contribution < -0.4 is 5.32 Å². The molecule has 1 aliphatic heterocycles. The van der Waals surface area contributed by atoms with Crippen molar-refractivity contribution in [3.63, 3.8) is 0 Å². The zero-order valence-electron chi connectivity index (χ0n) is 14.2. The zero-order valence-corrected chi connectivity index (χ0v) is 14.2. The maximum absolute atomic E-state index is 8.95. The molecule has 0 atom stereocenters. The Balaban J connectivity index is 1.62. The lowest BCUT2D eigenvalue weighted by molar-refractivity contribution is 0.263. The van der Waals surface area contributed by atoms with Gasteiger partial charge in [-0.25, -0.2) is 9.50 Å². The van der Waals surface area contributed by atoms with Gasteiger partial charge in [0.25, 0.3) is 0 Å². The number of hydrogen-bond acceptors (Lipinski definition) is 5. The highest BCUT2D eigenvalue weighted by atomic mass is 15.3. The molecule has 0 bridgehead atoms. The second kappa shape index (κ2) is 6.54. The number of benzene rings is 1. The van der Waals surface area contributed by atoms with E-state index in [2.05, 4.69) is 28.3 Å². The highest BCUT2D eigenvalue weighted by Gasteiger charge is 2.17. The number of fused-ring (bicyclic) bond motifs is 1. The van der Waals surface area contributed by atoms with Gasteiger partial charge in [0.15, 0.2) is 5.65 Å². The molecule has 4 rings (SSSR count). The van der Waals surface area contributed by atoms with Gasteiger partial charge in [-0.2, -0.15) is 5.26 Å². The average Bonchev–Trinajstić information content (AvgIpc) is 3.07. The molecule has 1 fully saturated rings. The van der Waals surface area contributed by atoms with Gasteiger partial charge in [-0.15, -0.1) is 5.10 Å². The summed E-state index contributed by atoms with van der Waals surface area (Å²) in [6.07, 6.45) is 4.08. The maximum Gasteiger partial charge on any atom is 0.154 e. The molecule has 126 valence electrons. The Morgan fingerprint density at radius 1 is 1.12 bits per heavy atom. The van der Waals surface area contributed by atoms with Crippen LogP contribution in [0.25, 0.3) is 16.9 Å². The maximum atomic E-state index is 8.95. The van der Waals surface area contributed by atoms with Crippen molar-refractivity contribution in [2.45, 2.75) is 18.9 Å². The second-order valence-corrected chi connectivity index (χ2v) is 6.54. The predicted molar refractivity (Wildman–Crippen MR) is 97.3 cm³/mol. The number of imidazole rings is 1. The second-order valence-electron chi connectivity index (χ2n) is 6.54. The number of nitriles is 1. The van der Waals surface area contributed by atoms with E-state index in [1.165, 1.54) is 0 Å². The Labute approximate surface area is 146 Å². The lowest BCUT2D eigenvalue weighted by atomic mass is 10.1. The molecule has 0 aliphatic carbocycles. The van der Waals surface area contributed by atoms with Crippen LogP contribution in [0.3, 0.4) is 0 Å². The standard InChI is InChI=1S/C19H20N6/c1-24-10-8-16(9-11-24)22-18-6-7-19-21-13-17(25(19)23-18)15-4-2-14(12-20)3-5-15/h2-7,13,16H,8-11H2,1H3,(H,22,23). The van der Waals surface area contributed by atoms with Gasteiger partial charge in [0, 0.05) is 11.6 Å². The number of piperidine rings is 1. The highest BCUT2D eigenvalue weighted by molar-refractivity contribution is 5.64. The highest BCUT2D eigenvalue weighted by Crippen LogP contribution is 2.22. The van der Waals surface area contributed by atoms with E-state index >= 15 is 0 Å². The van der Waals surface area contributed by atoms with Crippen LogP contribution in [0, 0.1) is 11.3 Å². The van der Waals surface area contributed by atoms with E-state index < -0.39 is 0 Å². The molecule has 3 heterocycles. The van der Waals surface area contributed by atoms with Crippen molar-refractivity contribution < 1.29 is 0 Å². The monoisotopic (exact) mass is 332 g/mol. The van der Waals surface area contributed by atoms with Crippen molar-refractivity contribution in [2.24, 2.45) is 0 Å². The van der Waals surface area contributed by atoms with E-state index in [9.17, 15) is 0 Å². The Morgan fingerprint density at radius 3 is 2.60 bits per heavy atom. The first-order chi connectivity index (χ1) is 12.2. The van der Waals surface area contributed by atoms with Crippen LogP contribution in [0.1, 0.15) is 18.4 Å². The number of likely N-dealkylation sites (tertiary alicyclic amines) is 1. The topological polar surface area (TPSA) is 69.2 Å². The third kappa shape index (κ3) is 3.19. The normalized spacial score (nSPS) is 16.0. The minimum Gasteiger partial charge on any atom is -0.366 e. The summed E-state index contributed by atoms with van der Waals surface area (Å²) in [6, 6.07) is 14.1. The number of anilines is 1. The van der Waals surface area contributed by atoms with Crippen LogP contribution in [0.4, 0.5) is 5.82 Å². The van der Waals surface area contributed by atoms with Gasteiger partial charge in [0.05, 0.1) is 23.5 Å². The summed E-state index contributed by atoms with van der Waals surface area (Å²) in [5.74, 6) is 0.870. The Kier molecular flexibility index (Phi) is 4.08. The minimum atomic E-state index is 0.461. The molecule has 1 N–H and O–H groups in total. The molecule has 25 heavy (non-hydrogen) atoms. The summed E-state index contributed by atoms with van der Waals surface area (Å²) in [5, 5.41) is 17.2. The molecule has 0 spiro atoms. The third-order valence-corrected chi connectivity index (χ3v) is 4.74. The van der Waals surface area contributed by atoms with Gasteiger partial charge < -0.3 is 10.2 Å². The summed E-state index contributed by atoms with van der Waals surface area (Å²) in [5.41, 5.74) is 3.38.